The number of aliphatic imine (C=N–C) groups is 1. The lowest BCUT2D eigenvalue weighted by Gasteiger charge is -2.45. The number of benzene rings is 1. The zero-order valence-electron chi connectivity index (χ0n) is 19.1. The number of nitrogens with one attached hydrogen (secondary N) is 1. The number of carbonyl (C=O) groups excluding carboxylic acids is 1. The van der Waals surface area contributed by atoms with E-state index in [2.05, 4.69) is 31.0 Å². The zero-order chi connectivity index (χ0) is 22.9. The molecule has 164 valence electrons. The highest BCUT2D eigenvalue weighted by molar-refractivity contribution is 5.94. The van der Waals surface area contributed by atoms with Gasteiger partial charge >= 0.3 is 0 Å². The van der Waals surface area contributed by atoms with Crippen LogP contribution < -0.4 is 5.56 Å². The molecule has 0 fully saturated rings. The highest BCUT2D eigenvalue weighted by atomic mass is 16.2. The highest BCUT2D eigenvalue weighted by Gasteiger charge is 2.46. The topological polar surface area (TPSA) is 65.5 Å². The largest absolute Gasteiger partial charge is 0.345 e. The molecule has 0 radical (unpaired) electrons. The van der Waals surface area contributed by atoms with Crippen molar-refractivity contribution < 1.29 is 4.79 Å². The molecule has 0 spiro atoms. The molecule has 5 heteroatoms. The first-order chi connectivity index (χ1) is 15.3. The molecular formula is C27H29N3O2. The van der Waals surface area contributed by atoms with E-state index in [0.29, 0.717) is 5.56 Å². The molecule has 32 heavy (non-hydrogen) atoms. The Bertz CT molecular complexity index is 1230. The number of H-pyrrole nitrogens is 1. The summed E-state index contributed by atoms with van der Waals surface area (Å²) in [4.78, 5) is 33.9. The third-order valence-electron chi connectivity index (χ3n) is 6.29. The minimum atomic E-state index is -0.497. The molecule has 0 saturated carbocycles. The Morgan fingerprint density at radius 1 is 1.25 bits per heavy atom. The number of aromatic nitrogens is 1. The third-order valence-corrected chi connectivity index (χ3v) is 6.29. The summed E-state index contributed by atoms with van der Waals surface area (Å²) in [5, 5.41) is 0. The fourth-order valence-electron chi connectivity index (χ4n) is 5.01. The van der Waals surface area contributed by atoms with Gasteiger partial charge in [0, 0.05) is 55.5 Å². The summed E-state index contributed by atoms with van der Waals surface area (Å²) >= 11 is 0. The van der Waals surface area contributed by atoms with Crippen LogP contribution in [0.25, 0.3) is 6.08 Å². The predicted octanol–water partition coefficient (Wildman–Crippen LogP) is 4.52. The number of aromatic amines is 1. The number of hydrogen-bond donors (Lipinski definition) is 1. The van der Waals surface area contributed by atoms with Crippen molar-refractivity contribution in [2.75, 3.05) is 14.1 Å². The summed E-state index contributed by atoms with van der Waals surface area (Å²) in [5.41, 5.74) is 5.69. The molecule has 2 atom stereocenters. The fourth-order valence-corrected chi connectivity index (χ4v) is 5.01. The van der Waals surface area contributed by atoms with Gasteiger partial charge in [-0.1, -0.05) is 35.9 Å². The molecule has 0 aliphatic heterocycles. The number of allylic oxidation sites excluding steroid dienone is 3. The van der Waals surface area contributed by atoms with Crippen LogP contribution >= 0.6 is 0 Å². The van der Waals surface area contributed by atoms with E-state index in [1.807, 2.05) is 48.7 Å². The van der Waals surface area contributed by atoms with E-state index >= 15 is 0 Å². The molecule has 4 rings (SSSR count). The molecule has 2 aliphatic rings. The normalized spacial score (nSPS) is 23.4. The molecular weight excluding hydrogens is 398 g/mol. The van der Waals surface area contributed by atoms with Crippen molar-refractivity contribution in [3.63, 3.8) is 0 Å². The lowest BCUT2D eigenvalue weighted by molar-refractivity contribution is 0.0827. The van der Waals surface area contributed by atoms with Crippen LogP contribution in [0.3, 0.4) is 0 Å². The smallest absolute Gasteiger partial charge is 0.253 e. The SMILES string of the molecule is C/C=C1\[C@H]2C=C(C)C[C@]1(/N=C/C=C/c1cccc(C(=O)N(C)C)c1)c1ccc(=O)[nH]c1C2. The number of amides is 1. The molecule has 0 saturated heterocycles. The molecule has 2 bridgehead atoms. The average Bonchev–Trinajstić information content (AvgIpc) is 2.75. The lowest BCUT2D eigenvalue weighted by Crippen LogP contribution is -2.40. The van der Waals surface area contributed by atoms with Crippen LogP contribution in [0.15, 0.2) is 75.6 Å². The van der Waals surface area contributed by atoms with Crippen LogP contribution in [0, 0.1) is 5.92 Å². The van der Waals surface area contributed by atoms with Crippen molar-refractivity contribution in [2.24, 2.45) is 10.9 Å². The van der Waals surface area contributed by atoms with Gasteiger partial charge in [0.05, 0.1) is 0 Å². The summed E-state index contributed by atoms with van der Waals surface area (Å²) in [6.07, 6.45) is 11.8. The Kier molecular flexibility index (Phi) is 5.83. The molecule has 2 aromatic rings. The fraction of sp³-hybridized carbons (Fsp3) is 0.296. The van der Waals surface area contributed by atoms with Gasteiger partial charge in [0.25, 0.3) is 5.91 Å². The predicted molar refractivity (Wildman–Crippen MR) is 130 cm³/mol. The van der Waals surface area contributed by atoms with Gasteiger partial charge in [-0.05, 0) is 55.7 Å². The standard InChI is InChI=1S/C27H29N3O2/c1-5-22-21-14-18(2)17-27(22,23-11-12-25(31)29-24(23)16-21)28-13-7-9-19-8-6-10-20(15-19)26(32)30(3)4/h5-15,21H,16-17H2,1-4H3,(H,29,31)/b9-7+,22-5+,28-13+/t21-,27+/m0/s1. The summed E-state index contributed by atoms with van der Waals surface area (Å²) in [7, 11) is 3.50. The Morgan fingerprint density at radius 3 is 2.81 bits per heavy atom. The van der Waals surface area contributed by atoms with Gasteiger partial charge < -0.3 is 9.88 Å². The van der Waals surface area contributed by atoms with E-state index in [0.717, 1.165) is 29.7 Å². The van der Waals surface area contributed by atoms with E-state index in [1.54, 1.807) is 25.1 Å². The maximum atomic E-state index is 12.2. The van der Waals surface area contributed by atoms with E-state index in [-0.39, 0.29) is 17.4 Å². The van der Waals surface area contributed by atoms with Crippen molar-refractivity contribution >= 4 is 18.2 Å². The van der Waals surface area contributed by atoms with Gasteiger partial charge in [-0.15, -0.1) is 0 Å². The quantitative estimate of drug-likeness (QED) is 0.576. The van der Waals surface area contributed by atoms with Crippen LogP contribution in [0.5, 0.6) is 0 Å². The second-order valence-corrected chi connectivity index (χ2v) is 8.78. The number of nitrogens with zero attached hydrogens (tertiary/aromatic N) is 2. The number of carbonyl (C=O) groups is 1. The van der Waals surface area contributed by atoms with Crippen molar-refractivity contribution in [1.82, 2.24) is 9.88 Å². The molecule has 1 amide bonds. The van der Waals surface area contributed by atoms with Crippen molar-refractivity contribution in [3.8, 4) is 0 Å². The maximum Gasteiger partial charge on any atom is 0.253 e. The molecule has 1 heterocycles. The Balaban J connectivity index is 1.69. The van der Waals surface area contributed by atoms with Crippen molar-refractivity contribution in [2.45, 2.75) is 32.2 Å². The number of rotatable bonds is 4. The Morgan fingerprint density at radius 2 is 2.06 bits per heavy atom. The second kappa shape index (κ2) is 8.58. The van der Waals surface area contributed by atoms with Gasteiger partial charge in [0.1, 0.15) is 5.54 Å². The van der Waals surface area contributed by atoms with Crippen LogP contribution in [0.2, 0.25) is 0 Å². The minimum absolute atomic E-state index is 0.0196. The molecule has 0 unspecified atom stereocenters. The lowest BCUT2D eigenvalue weighted by atomic mass is 9.63. The van der Waals surface area contributed by atoms with Gasteiger partial charge in [0.15, 0.2) is 0 Å². The first-order valence-electron chi connectivity index (χ1n) is 10.9. The monoisotopic (exact) mass is 427 g/mol. The van der Waals surface area contributed by atoms with Crippen LogP contribution in [-0.4, -0.2) is 36.1 Å². The van der Waals surface area contributed by atoms with E-state index in [1.165, 1.54) is 11.1 Å². The van der Waals surface area contributed by atoms with Crippen LogP contribution in [0.1, 0.15) is 47.4 Å². The van der Waals surface area contributed by atoms with Crippen LogP contribution in [-0.2, 0) is 12.0 Å². The highest BCUT2D eigenvalue weighted by Crippen LogP contribution is 2.51. The van der Waals surface area contributed by atoms with Crippen LogP contribution in [0.4, 0.5) is 0 Å². The third kappa shape index (κ3) is 3.91. The summed E-state index contributed by atoms with van der Waals surface area (Å²) in [6, 6.07) is 11.1. The maximum absolute atomic E-state index is 12.2. The number of pyridine rings is 1. The number of fused-ring (bicyclic) bond motifs is 4. The number of hydrogen-bond acceptors (Lipinski definition) is 3. The molecule has 1 N–H and O–H groups in total. The summed E-state index contributed by atoms with van der Waals surface area (Å²) in [5.74, 6) is 0.225. The molecule has 1 aromatic carbocycles. The van der Waals surface area contributed by atoms with E-state index in [9.17, 15) is 9.59 Å². The van der Waals surface area contributed by atoms with Gasteiger partial charge in [-0.3, -0.25) is 14.6 Å². The summed E-state index contributed by atoms with van der Waals surface area (Å²) < 4.78 is 0. The molecule has 2 aliphatic carbocycles. The molecule has 5 nitrogen and oxygen atoms in total. The van der Waals surface area contributed by atoms with Crippen molar-refractivity contribution in [3.05, 3.63) is 98.5 Å². The Labute approximate surface area is 188 Å². The van der Waals surface area contributed by atoms with E-state index in [4.69, 9.17) is 4.99 Å². The molecule has 1 aromatic heterocycles. The van der Waals surface area contributed by atoms with Gasteiger partial charge in [-0.2, -0.15) is 0 Å². The average molecular weight is 428 g/mol. The van der Waals surface area contributed by atoms with Gasteiger partial charge in [0.2, 0.25) is 5.56 Å². The van der Waals surface area contributed by atoms with Gasteiger partial charge in [-0.25, -0.2) is 0 Å². The van der Waals surface area contributed by atoms with E-state index < -0.39 is 5.54 Å². The second-order valence-electron chi connectivity index (χ2n) is 8.78. The Hall–Kier alpha value is -3.47. The van der Waals surface area contributed by atoms with Crippen molar-refractivity contribution in [1.29, 1.82) is 0 Å². The first kappa shape index (κ1) is 21.8. The first-order valence-corrected chi connectivity index (χ1v) is 10.9. The summed E-state index contributed by atoms with van der Waals surface area (Å²) in [6.45, 7) is 4.23. The minimum Gasteiger partial charge on any atom is -0.345 e. The zero-order valence-corrected chi connectivity index (χ0v) is 19.1.